The van der Waals surface area contributed by atoms with Gasteiger partial charge in [-0.1, -0.05) is 54.0 Å². The minimum Gasteiger partial charge on any atom is -0.469 e. The first-order valence-electron chi connectivity index (χ1n) is 14.1. The van der Waals surface area contributed by atoms with Crippen molar-refractivity contribution in [1.29, 1.82) is 0 Å². The number of carbonyl (C=O) groups excluding carboxylic acids is 2. The Morgan fingerprint density at radius 2 is 1.60 bits per heavy atom. The molecule has 5 aliphatic carbocycles. The van der Waals surface area contributed by atoms with E-state index in [9.17, 15) is 14.7 Å². The number of ether oxygens (including phenoxy) is 1. The van der Waals surface area contributed by atoms with Gasteiger partial charge in [-0.05, 0) is 103 Å². The van der Waals surface area contributed by atoms with E-state index in [1.165, 1.54) is 12.7 Å². The van der Waals surface area contributed by atoms with Gasteiger partial charge in [0.1, 0.15) is 0 Å². The summed E-state index contributed by atoms with van der Waals surface area (Å²) in [5.74, 6) is 0.436. The van der Waals surface area contributed by atoms with E-state index in [0.717, 1.165) is 57.8 Å². The molecule has 5 rings (SSSR count). The highest BCUT2D eigenvalue weighted by molar-refractivity contribution is 5.96. The molecule has 0 heterocycles. The number of aliphatic hydroxyl groups excluding tert-OH is 1. The van der Waals surface area contributed by atoms with Crippen molar-refractivity contribution in [3.63, 3.8) is 0 Å². The molecule has 0 aromatic rings. The van der Waals surface area contributed by atoms with E-state index in [2.05, 4.69) is 54.5 Å². The van der Waals surface area contributed by atoms with E-state index in [-0.39, 0.29) is 56.8 Å². The third-order valence-electron chi connectivity index (χ3n) is 13.0. The first-order chi connectivity index (χ1) is 16.1. The first-order valence-corrected chi connectivity index (χ1v) is 14.1. The Morgan fingerprint density at radius 1 is 0.943 bits per heavy atom. The van der Waals surface area contributed by atoms with Crippen molar-refractivity contribution >= 4 is 11.8 Å². The molecular weight excluding hydrogens is 436 g/mol. The van der Waals surface area contributed by atoms with Gasteiger partial charge in [0.2, 0.25) is 0 Å². The van der Waals surface area contributed by atoms with Crippen molar-refractivity contribution in [2.75, 3.05) is 7.11 Å². The van der Waals surface area contributed by atoms with Gasteiger partial charge in [0.05, 0.1) is 18.6 Å². The molecule has 8 atom stereocenters. The summed E-state index contributed by atoms with van der Waals surface area (Å²) in [6.07, 6.45) is 10.1. The fourth-order valence-electron chi connectivity index (χ4n) is 10.6. The molecule has 0 aliphatic heterocycles. The van der Waals surface area contributed by atoms with Gasteiger partial charge in [0, 0.05) is 5.92 Å². The fraction of sp³-hybridized carbons (Fsp3) is 0.871. The summed E-state index contributed by atoms with van der Waals surface area (Å²) in [5.41, 5.74) is 0.489. The van der Waals surface area contributed by atoms with E-state index in [4.69, 9.17) is 4.74 Å². The topological polar surface area (TPSA) is 63.6 Å². The van der Waals surface area contributed by atoms with Crippen LogP contribution in [0.2, 0.25) is 0 Å². The second kappa shape index (κ2) is 7.45. The van der Waals surface area contributed by atoms with Gasteiger partial charge < -0.3 is 9.84 Å². The Balaban J connectivity index is 1.65. The first kappa shape index (κ1) is 25.5. The zero-order valence-corrected chi connectivity index (χ0v) is 23.4. The molecule has 0 saturated heterocycles. The largest absolute Gasteiger partial charge is 0.469 e. The monoisotopic (exact) mass is 484 g/mol. The average Bonchev–Trinajstić information content (AvgIpc) is 2.77. The number of rotatable bonds is 1. The van der Waals surface area contributed by atoms with Crippen molar-refractivity contribution < 1.29 is 19.4 Å². The molecule has 0 aromatic carbocycles. The van der Waals surface area contributed by atoms with Gasteiger partial charge in [-0.2, -0.15) is 0 Å². The number of hydrogen-bond donors (Lipinski definition) is 1. The van der Waals surface area contributed by atoms with Crippen LogP contribution in [-0.2, 0) is 14.3 Å². The van der Waals surface area contributed by atoms with Gasteiger partial charge in [0.25, 0.3) is 0 Å². The third kappa shape index (κ3) is 3.07. The zero-order valence-electron chi connectivity index (χ0n) is 23.4. The van der Waals surface area contributed by atoms with Crippen LogP contribution < -0.4 is 0 Å². The van der Waals surface area contributed by atoms with E-state index >= 15 is 0 Å². The molecule has 4 unspecified atom stereocenters. The molecule has 4 heteroatoms. The molecule has 0 radical (unpaired) electrons. The average molecular weight is 485 g/mol. The van der Waals surface area contributed by atoms with Gasteiger partial charge in [-0.15, -0.1) is 0 Å². The van der Waals surface area contributed by atoms with Crippen LogP contribution in [0.25, 0.3) is 0 Å². The summed E-state index contributed by atoms with van der Waals surface area (Å²) < 4.78 is 5.43. The summed E-state index contributed by atoms with van der Waals surface area (Å²) in [5, 5.41) is 10.9. The van der Waals surface area contributed by atoms with E-state index < -0.39 is 5.41 Å². The van der Waals surface area contributed by atoms with Crippen LogP contribution in [0.3, 0.4) is 0 Å². The number of fused-ring (bicyclic) bond motifs is 7. The van der Waals surface area contributed by atoms with E-state index in [1.54, 1.807) is 0 Å². The summed E-state index contributed by atoms with van der Waals surface area (Å²) in [7, 11) is 1.52. The van der Waals surface area contributed by atoms with Crippen LogP contribution in [0.1, 0.15) is 106 Å². The lowest BCUT2D eigenvalue weighted by Gasteiger charge is -2.70. The lowest BCUT2D eigenvalue weighted by Crippen LogP contribution is -2.66. The van der Waals surface area contributed by atoms with Crippen LogP contribution in [0.4, 0.5) is 0 Å². The maximum Gasteiger partial charge on any atom is 0.312 e. The second-order valence-electron chi connectivity index (χ2n) is 15.2. The summed E-state index contributed by atoms with van der Waals surface area (Å²) >= 11 is 0. The number of ketones is 1. The molecule has 0 spiro atoms. The number of aliphatic hydroxyl groups is 1. The molecule has 1 N–H and O–H groups in total. The molecule has 5 aliphatic rings. The Labute approximate surface area is 212 Å². The minimum absolute atomic E-state index is 0.0368. The van der Waals surface area contributed by atoms with Gasteiger partial charge in [-0.25, -0.2) is 0 Å². The third-order valence-corrected chi connectivity index (χ3v) is 13.0. The maximum atomic E-state index is 14.3. The molecule has 0 amide bonds. The van der Waals surface area contributed by atoms with Crippen molar-refractivity contribution in [3.8, 4) is 0 Å². The lowest BCUT2D eigenvalue weighted by atomic mass is 9.34. The van der Waals surface area contributed by atoms with Gasteiger partial charge >= 0.3 is 5.97 Å². The lowest BCUT2D eigenvalue weighted by molar-refractivity contribution is -0.195. The maximum absolute atomic E-state index is 14.3. The van der Waals surface area contributed by atoms with E-state index in [1.807, 2.05) is 0 Å². The van der Waals surface area contributed by atoms with Crippen molar-refractivity contribution in [2.45, 2.75) is 112 Å². The number of allylic oxidation sites excluding steroid dienone is 2. The molecule has 4 nitrogen and oxygen atoms in total. The molecule has 4 fully saturated rings. The molecular formula is C31H48O4. The van der Waals surface area contributed by atoms with Crippen LogP contribution in [0, 0.1) is 50.2 Å². The smallest absolute Gasteiger partial charge is 0.312 e. The Bertz CT molecular complexity index is 976. The highest BCUT2D eigenvalue weighted by atomic mass is 16.5. The Hall–Kier alpha value is -1.16. The number of methoxy groups -OCH3 is 1. The molecule has 4 saturated carbocycles. The summed E-state index contributed by atoms with van der Waals surface area (Å²) in [4.78, 5) is 27.7. The van der Waals surface area contributed by atoms with Crippen molar-refractivity contribution in [2.24, 2.45) is 50.2 Å². The molecule has 0 aromatic heterocycles. The summed E-state index contributed by atoms with van der Waals surface area (Å²) in [6.45, 7) is 16.3. The van der Waals surface area contributed by atoms with Crippen molar-refractivity contribution in [1.82, 2.24) is 0 Å². The predicted octanol–water partition coefficient (Wildman–Crippen LogP) is 6.50. The quantitative estimate of drug-likeness (QED) is 0.431. The highest BCUT2D eigenvalue weighted by Crippen LogP contribution is 2.75. The fourth-order valence-corrected chi connectivity index (χ4v) is 10.6. The van der Waals surface area contributed by atoms with Crippen LogP contribution in [0.5, 0.6) is 0 Å². The van der Waals surface area contributed by atoms with Crippen molar-refractivity contribution in [3.05, 3.63) is 11.6 Å². The summed E-state index contributed by atoms with van der Waals surface area (Å²) in [6, 6.07) is 0. The predicted molar refractivity (Wildman–Crippen MR) is 137 cm³/mol. The van der Waals surface area contributed by atoms with Crippen LogP contribution >= 0.6 is 0 Å². The molecule has 0 bridgehead atoms. The normalized spacial score (nSPS) is 50.1. The highest BCUT2D eigenvalue weighted by Gasteiger charge is 2.71. The molecule has 35 heavy (non-hydrogen) atoms. The number of esters is 1. The minimum atomic E-state index is -0.524. The number of hydrogen-bond acceptors (Lipinski definition) is 4. The Morgan fingerprint density at radius 3 is 2.26 bits per heavy atom. The van der Waals surface area contributed by atoms with Gasteiger partial charge in [-0.3, -0.25) is 9.59 Å². The van der Waals surface area contributed by atoms with Crippen LogP contribution in [0.15, 0.2) is 11.6 Å². The zero-order chi connectivity index (χ0) is 25.8. The SMILES string of the molecule is COC(=O)[C@]12CCC(C)(C)CC1C1C(=O)C=C3[C@@]4(C)CCC(O)C(C)(C)C4CC[C@@]3(C)[C@]1(C)CC2. The van der Waals surface area contributed by atoms with Crippen LogP contribution in [-0.4, -0.2) is 30.1 Å². The van der Waals surface area contributed by atoms with E-state index in [0.29, 0.717) is 5.92 Å². The second-order valence-corrected chi connectivity index (χ2v) is 15.2. The standard InChI is InChI=1S/C31H48O4/c1-26(2)13-15-31(25(34)35-8)16-14-30(7)24(19(31)18-26)20(32)17-22-28(5)11-10-23(33)27(3,4)21(28)9-12-29(22,30)6/h17,19,21,23-24,33H,9-16,18H2,1-8H3/t19?,21?,23?,24?,28-,29+,30+,31-/m0/s1. The Kier molecular flexibility index (Phi) is 5.43. The number of carbonyl (C=O) groups is 2. The molecule has 196 valence electrons. The van der Waals surface area contributed by atoms with Gasteiger partial charge in [0.15, 0.2) is 5.78 Å².